The molecule has 4 heteroatoms. The summed E-state index contributed by atoms with van der Waals surface area (Å²) in [5.41, 5.74) is 0.182. The second-order valence-corrected chi connectivity index (χ2v) is 6.42. The molecule has 0 amide bonds. The zero-order valence-corrected chi connectivity index (χ0v) is 12.8. The first-order valence-electron chi connectivity index (χ1n) is 8.09. The van der Waals surface area contributed by atoms with E-state index in [-0.39, 0.29) is 5.60 Å². The second-order valence-electron chi connectivity index (χ2n) is 6.42. The fourth-order valence-corrected chi connectivity index (χ4v) is 4.08. The summed E-state index contributed by atoms with van der Waals surface area (Å²) in [6.07, 6.45) is 11.5. The predicted octanol–water partition coefficient (Wildman–Crippen LogP) is 2.81. The summed E-state index contributed by atoms with van der Waals surface area (Å²) in [4.78, 5) is 4.58. The minimum atomic E-state index is 0.182. The molecule has 1 aromatic heterocycles. The normalized spacial score (nSPS) is 27.0. The number of aryl methyl sites for hydroxylation is 1. The quantitative estimate of drug-likeness (QED) is 0.920. The SMILES string of the molecule is CCNC(c1nccn1C)C1CCOC2(CCCC2)C1. The molecule has 0 bridgehead atoms. The van der Waals surface area contributed by atoms with Gasteiger partial charge in [0.25, 0.3) is 0 Å². The topological polar surface area (TPSA) is 39.1 Å². The van der Waals surface area contributed by atoms with E-state index >= 15 is 0 Å². The van der Waals surface area contributed by atoms with E-state index in [2.05, 4.69) is 28.8 Å². The van der Waals surface area contributed by atoms with Crippen LogP contribution in [-0.4, -0.2) is 28.3 Å². The van der Waals surface area contributed by atoms with Gasteiger partial charge in [-0.25, -0.2) is 4.98 Å². The van der Waals surface area contributed by atoms with Gasteiger partial charge in [0.15, 0.2) is 0 Å². The molecular formula is C16H27N3O. The van der Waals surface area contributed by atoms with E-state index in [1.165, 1.54) is 37.9 Å². The van der Waals surface area contributed by atoms with Crippen LogP contribution in [-0.2, 0) is 11.8 Å². The molecule has 0 aromatic carbocycles. The Balaban J connectivity index is 1.79. The summed E-state index contributed by atoms with van der Waals surface area (Å²) in [5.74, 6) is 1.81. The number of imidazole rings is 1. The molecule has 2 aliphatic rings. The molecule has 112 valence electrons. The van der Waals surface area contributed by atoms with Crippen LogP contribution in [0.15, 0.2) is 12.4 Å². The first-order valence-corrected chi connectivity index (χ1v) is 8.09. The smallest absolute Gasteiger partial charge is 0.125 e. The van der Waals surface area contributed by atoms with Crippen LogP contribution in [0.3, 0.4) is 0 Å². The van der Waals surface area contributed by atoms with Gasteiger partial charge in [0, 0.05) is 26.0 Å². The maximum atomic E-state index is 6.18. The third-order valence-corrected chi connectivity index (χ3v) is 5.08. The molecule has 2 unspecified atom stereocenters. The molecule has 1 spiro atoms. The van der Waals surface area contributed by atoms with Gasteiger partial charge in [-0.2, -0.15) is 0 Å². The Bertz CT molecular complexity index is 437. The summed E-state index contributed by atoms with van der Waals surface area (Å²) in [5, 5.41) is 3.66. The summed E-state index contributed by atoms with van der Waals surface area (Å²) < 4.78 is 8.33. The highest BCUT2D eigenvalue weighted by molar-refractivity contribution is 5.04. The van der Waals surface area contributed by atoms with Crippen LogP contribution < -0.4 is 5.32 Å². The van der Waals surface area contributed by atoms with Crippen LogP contribution in [0.1, 0.15) is 57.3 Å². The van der Waals surface area contributed by atoms with Gasteiger partial charge in [0.1, 0.15) is 5.82 Å². The Morgan fingerprint density at radius 3 is 2.95 bits per heavy atom. The Morgan fingerprint density at radius 1 is 1.50 bits per heavy atom. The van der Waals surface area contributed by atoms with Gasteiger partial charge in [0.2, 0.25) is 0 Å². The molecule has 20 heavy (non-hydrogen) atoms. The Hall–Kier alpha value is -0.870. The van der Waals surface area contributed by atoms with Crippen molar-refractivity contribution in [2.45, 2.75) is 57.1 Å². The lowest BCUT2D eigenvalue weighted by Gasteiger charge is -2.41. The van der Waals surface area contributed by atoms with Gasteiger partial charge >= 0.3 is 0 Å². The summed E-state index contributed by atoms with van der Waals surface area (Å²) >= 11 is 0. The van der Waals surface area contributed by atoms with Gasteiger partial charge in [-0.15, -0.1) is 0 Å². The Kier molecular flexibility index (Phi) is 4.13. The minimum Gasteiger partial charge on any atom is -0.375 e. The number of ether oxygens (including phenoxy) is 1. The fraction of sp³-hybridized carbons (Fsp3) is 0.812. The van der Waals surface area contributed by atoms with Crippen molar-refractivity contribution >= 4 is 0 Å². The maximum Gasteiger partial charge on any atom is 0.125 e. The predicted molar refractivity (Wildman–Crippen MR) is 79.5 cm³/mol. The maximum absolute atomic E-state index is 6.18. The number of hydrogen-bond acceptors (Lipinski definition) is 3. The second kappa shape index (κ2) is 5.86. The molecule has 2 heterocycles. The van der Waals surface area contributed by atoms with E-state index in [0.717, 1.165) is 19.6 Å². The molecule has 1 aliphatic carbocycles. The van der Waals surface area contributed by atoms with Crippen molar-refractivity contribution in [3.8, 4) is 0 Å². The number of rotatable bonds is 4. The molecular weight excluding hydrogens is 250 g/mol. The Labute approximate surface area is 121 Å². The van der Waals surface area contributed by atoms with Crippen molar-refractivity contribution in [3.63, 3.8) is 0 Å². The standard InChI is InChI=1S/C16H27N3O/c1-3-17-14(15-18-9-10-19(15)2)13-6-11-20-16(12-13)7-4-5-8-16/h9-10,13-14,17H,3-8,11-12H2,1-2H3. The lowest BCUT2D eigenvalue weighted by atomic mass is 9.80. The van der Waals surface area contributed by atoms with Gasteiger partial charge in [-0.3, -0.25) is 0 Å². The van der Waals surface area contributed by atoms with Crippen molar-refractivity contribution in [1.82, 2.24) is 14.9 Å². The van der Waals surface area contributed by atoms with Gasteiger partial charge in [0.05, 0.1) is 11.6 Å². The van der Waals surface area contributed by atoms with Crippen LogP contribution in [0.25, 0.3) is 0 Å². The number of aromatic nitrogens is 2. The molecule has 2 fully saturated rings. The molecule has 1 aliphatic heterocycles. The zero-order valence-electron chi connectivity index (χ0n) is 12.8. The van der Waals surface area contributed by atoms with Crippen molar-refractivity contribution in [1.29, 1.82) is 0 Å². The van der Waals surface area contributed by atoms with E-state index in [4.69, 9.17) is 4.74 Å². The van der Waals surface area contributed by atoms with Gasteiger partial charge in [-0.05, 0) is 38.1 Å². The molecule has 1 saturated carbocycles. The molecule has 4 nitrogen and oxygen atoms in total. The lowest BCUT2D eigenvalue weighted by Crippen LogP contribution is -2.42. The first-order chi connectivity index (χ1) is 9.74. The van der Waals surface area contributed by atoms with E-state index in [1.807, 2.05) is 12.4 Å². The van der Waals surface area contributed by atoms with Crippen molar-refractivity contribution < 1.29 is 4.74 Å². The molecule has 1 N–H and O–H groups in total. The zero-order chi connectivity index (χ0) is 14.0. The van der Waals surface area contributed by atoms with E-state index in [1.54, 1.807) is 0 Å². The van der Waals surface area contributed by atoms with E-state index in [9.17, 15) is 0 Å². The van der Waals surface area contributed by atoms with E-state index in [0.29, 0.717) is 12.0 Å². The average molecular weight is 277 g/mol. The molecule has 1 aromatic rings. The highest BCUT2D eigenvalue weighted by Crippen LogP contribution is 2.45. The summed E-state index contributed by atoms with van der Waals surface area (Å²) in [6, 6.07) is 0.362. The lowest BCUT2D eigenvalue weighted by molar-refractivity contribution is -0.0986. The van der Waals surface area contributed by atoms with Crippen LogP contribution in [0.5, 0.6) is 0 Å². The van der Waals surface area contributed by atoms with Gasteiger partial charge < -0.3 is 14.6 Å². The largest absolute Gasteiger partial charge is 0.375 e. The van der Waals surface area contributed by atoms with Crippen LogP contribution in [0, 0.1) is 5.92 Å². The minimum absolute atomic E-state index is 0.182. The number of nitrogens with zero attached hydrogens (tertiary/aromatic N) is 2. The first kappa shape index (κ1) is 14.1. The fourth-order valence-electron chi connectivity index (χ4n) is 4.08. The molecule has 0 radical (unpaired) electrons. The van der Waals surface area contributed by atoms with Crippen LogP contribution in [0.2, 0.25) is 0 Å². The highest BCUT2D eigenvalue weighted by atomic mass is 16.5. The van der Waals surface area contributed by atoms with Gasteiger partial charge in [-0.1, -0.05) is 19.8 Å². The van der Waals surface area contributed by atoms with Crippen molar-refractivity contribution in [2.24, 2.45) is 13.0 Å². The summed E-state index contributed by atoms with van der Waals surface area (Å²) in [7, 11) is 2.09. The van der Waals surface area contributed by atoms with Crippen molar-refractivity contribution in [3.05, 3.63) is 18.2 Å². The third kappa shape index (κ3) is 2.63. The average Bonchev–Trinajstić information content (AvgIpc) is 3.06. The van der Waals surface area contributed by atoms with Crippen molar-refractivity contribution in [2.75, 3.05) is 13.2 Å². The summed E-state index contributed by atoms with van der Waals surface area (Å²) in [6.45, 7) is 4.08. The highest BCUT2D eigenvalue weighted by Gasteiger charge is 2.42. The number of nitrogens with one attached hydrogen (secondary N) is 1. The Morgan fingerprint density at radius 2 is 2.30 bits per heavy atom. The van der Waals surface area contributed by atoms with E-state index < -0.39 is 0 Å². The van der Waals surface area contributed by atoms with Crippen LogP contribution in [0.4, 0.5) is 0 Å². The molecule has 2 atom stereocenters. The molecule has 3 rings (SSSR count). The van der Waals surface area contributed by atoms with Crippen LogP contribution >= 0.6 is 0 Å². The molecule has 1 saturated heterocycles. The monoisotopic (exact) mass is 277 g/mol. The number of hydrogen-bond donors (Lipinski definition) is 1. The third-order valence-electron chi connectivity index (χ3n) is 5.08.